The van der Waals surface area contributed by atoms with Gasteiger partial charge in [0.05, 0.1) is 18.2 Å². The molecule has 2 aromatic carbocycles. The van der Waals surface area contributed by atoms with Crippen molar-refractivity contribution in [3.63, 3.8) is 0 Å². The average Bonchev–Trinajstić information content (AvgIpc) is 3.32. The van der Waals surface area contributed by atoms with Crippen LogP contribution in [0, 0.1) is 13.8 Å². The Hall–Kier alpha value is -4.60. The van der Waals surface area contributed by atoms with Crippen LogP contribution >= 0.6 is 0 Å². The number of aromatic nitrogens is 3. The van der Waals surface area contributed by atoms with Crippen molar-refractivity contribution in [3.8, 4) is 17.4 Å². The van der Waals surface area contributed by atoms with Crippen molar-refractivity contribution in [2.75, 3.05) is 17.7 Å². The summed E-state index contributed by atoms with van der Waals surface area (Å²) in [5, 5.41) is 13.4. The number of ether oxygens (including phenoxy) is 2. The molecule has 192 valence electrons. The molecule has 2 aromatic heterocycles. The molecule has 0 aliphatic heterocycles. The quantitative estimate of drug-likeness (QED) is 0.277. The van der Waals surface area contributed by atoms with Crippen LogP contribution in [-0.2, 0) is 5.41 Å². The number of aromatic amines is 1. The topological polar surface area (TPSA) is 144 Å². The second kappa shape index (κ2) is 9.81. The molecule has 0 aliphatic carbocycles. The molecule has 10 heteroatoms. The number of amides is 3. The van der Waals surface area contributed by atoms with Gasteiger partial charge in [-0.2, -0.15) is 5.10 Å². The minimum atomic E-state index is -0.577. The van der Waals surface area contributed by atoms with Crippen molar-refractivity contribution in [3.05, 3.63) is 64.8 Å². The molecule has 0 fully saturated rings. The molecule has 0 unspecified atom stereocenters. The van der Waals surface area contributed by atoms with E-state index in [2.05, 4.69) is 46.6 Å². The number of nitrogens with one attached hydrogen (secondary N) is 3. The van der Waals surface area contributed by atoms with E-state index in [1.165, 1.54) is 7.11 Å². The molecule has 10 nitrogen and oxygen atoms in total. The number of rotatable bonds is 6. The van der Waals surface area contributed by atoms with Gasteiger partial charge in [-0.3, -0.25) is 15.2 Å². The molecule has 37 heavy (non-hydrogen) atoms. The molecular weight excluding hydrogens is 472 g/mol. The molecule has 0 aliphatic rings. The van der Waals surface area contributed by atoms with Crippen LogP contribution in [0.4, 0.5) is 16.3 Å². The summed E-state index contributed by atoms with van der Waals surface area (Å²) < 4.78 is 11.3. The Balaban J connectivity index is 1.50. The lowest BCUT2D eigenvalue weighted by molar-refractivity contribution is 0.0997. The number of methoxy groups -OCH3 is 1. The normalized spacial score (nSPS) is 11.3. The summed E-state index contributed by atoms with van der Waals surface area (Å²) in [5.74, 6) is 1.17. The van der Waals surface area contributed by atoms with E-state index in [-0.39, 0.29) is 11.0 Å². The zero-order valence-electron chi connectivity index (χ0n) is 21.6. The van der Waals surface area contributed by atoms with Gasteiger partial charge in [0, 0.05) is 40.4 Å². The van der Waals surface area contributed by atoms with E-state index in [9.17, 15) is 9.59 Å². The highest BCUT2D eigenvalue weighted by molar-refractivity contribution is 6.00. The number of primary amides is 1. The number of hydrogen-bond acceptors (Lipinski definition) is 6. The van der Waals surface area contributed by atoms with Gasteiger partial charge in [0.2, 0.25) is 5.88 Å². The number of hydrogen-bond donors (Lipinski definition) is 4. The number of anilines is 2. The number of nitrogens with two attached hydrogens (primary N) is 1. The first-order valence-corrected chi connectivity index (χ1v) is 11.7. The van der Waals surface area contributed by atoms with Crippen LogP contribution in [0.3, 0.4) is 0 Å². The highest BCUT2D eigenvalue weighted by atomic mass is 16.5. The van der Waals surface area contributed by atoms with Crippen molar-refractivity contribution in [1.82, 2.24) is 15.2 Å². The first-order valence-electron chi connectivity index (χ1n) is 11.7. The fraction of sp³-hybridized carbons (Fsp3) is 0.259. The van der Waals surface area contributed by atoms with Crippen molar-refractivity contribution >= 4 is 34.3 Å². The lowest BCUT2D eigenvalue weighted by atomic mass is 9.92. The van der Waals surface area contributed by atoms with Gasteiger partial charge < -0.3 is 20.5 Å². The maximum absolute atomic E-state index is 12.6. The fourth-order valence-electron chi connectivity index (χ4n) is 3.75. The van der Waals surface area contributed by atoms with Crippen LogP contribution in [0.15, 0.2) is 42.5 Å². The molecule has 0 radical (unpaired) electrons. The monoisotopic (exact) mass is 502 g/mol. The van der Waals surface area contributed by atoms with E-state index in [4.69, 9.17) is 15.2 Å². The predicted octanol–water partition coefficient (Wildman–Crippen LogP) is 5.42. The minimum Gasteiger partial charge on any atom is -0.496 e. The van der Waals surface area contributed by atoms with Crippen molar-refractivity contribution in [1.29, 1.82) is 0 Å². The van der Waals surface area contributed by atoms with Gasteiger partial charge in [-0.15, -0.1) is 0 Å². The molecule has 0 saturated carbocycles. The van der Waals surface area contributed by atoms with E-state index in [1.54, 1.807) is 36.4 Å². The SMILES string of the molecule is COc1cc2nc(Oc3ccc(NC(=O)Nc4cc(C(C)(C)C)[nH]n4)c(C)c3C)ccc2cc1C(N)=O. The van der Waals surface area contributed by atoms with Crippen LogP contribution < -0.4 is 25.8 Å². The van der Waals surface area contributed by atoms with Crippen molar-refractivity contribution in [2.24, 2.45) is 5.73 Å². The molecule has 0 atom stereocenters. The first kappa shape index (κ1) is 25.5. The molecule has 0 spiro atoms. The molecule has 0 bridgehead atoms. The predicted molar refractivity (Wildman–Crippen MR) is 143 cm³/mol. The molecule has 2 heterocycles. The summed E-state index contributed by atoms with van der Waals surface area (Å²) in [6, 6.07) is 11.8. The van der Waals surface area contributed by atoms with E-state index >= 15 is 0 Å². The highest BCUT2D eigenvalue weighted by Crippen LogP contribution is 2.32. The van der Waals surface area contributed by atoms with Crippen LogP contribution in [0.5, 0.6) is 17.4 Å². The summed E-state index contributed by atoms with van der Waals surface area (Å²) in [6.45, 7) is 9.98. The Morgan fingerprint density at radius 1 is 0.973 bits per heavy atom. The molecule has 5 N–H and O–H groups in total. The Bertz CT molecular complexity index is 1500. The minimum absolute atomic E-state index is 0.106. The summed E-state index contributed by atoms with van der Waals surface area (Å²) in [5.41, 5.74) is 9.47. The third-order valence-electron chi connectivity index (χ3n) is 6.08. The molecule has 3 amide bonds. The zero-order chi connectivity index (χ0) is 26.9. The van der Waals surface area contributed by atoms with E-state index < -0.39 is 11.9 Å². The van der Waals surface area contributed by atoms with Gasteiger partial charge in [0.25, 0.3) is 5.91 Å². The number of carbonyl (C=O) groups excluding carboxylic acids is 2. The number of pyridine rings is 1. The second-order valence-electron chi connectivity index (χ2n) is 9.72. The number of nitrogens with zero attached hydrogens (tertiary/aromatic N) is 2. The average molecular weight is 503 g/mol. The molecular formula is C27H30N6O4. The lowest BCUT2D eigenvalue weighted by Crippen LogP contribution is -2.20. The number of fused-ring (bicyclic) bond motifs is 1. The molecule has 4 aromatic rings. The first-order chi connectivity index (χ1) is 17.5. The maximum atomic E-state index is 12.6. The van der Waals surface area contributed by atoms with E-state index in [1.807, 2.05) is 19.9 Å². The number of urea groups is 1. The Morgan fingerprint density at radius 2 is 1.73 bits per heavy atom. The molecule has 0 saturated heterocycles. The van der Waals surface area contributed by atoms with Crippen LogP contribution in [0.1, 0.15) is 48.0 Å². The van der Waals surface area contributed by atoms with Crippen LogP contribution in [0.25, 0.3) is 10.9 Å². The number of H-pyrrole nitrogens is 1. The number of benzene rings is 2. The summed E-state index contributed by atoms with van der Waals surface area (Å²) >= 11 is 0. The third-order valence-corrected chi connectivity index (χ3v) is 6.08. The summed E-state index contributed by atoms with van der Waals surface area (Å²) in [7, 11) is 1.47. The Morgan fingerprint density at radius 3 is 2.38 bits per heavy atom. The van der Waals surface area contributed by atoms with Crippen molar-refractivity contribution in [2.45, 2.75) is 40.0 Å². The summed E-state index contributed by atoms with van der Waals surface area (Å²) in [6.07, 6.45) is 0. The van der Waals surface area contributed by atoms with Crippen molar-refractivity contribution < 1.29 is 19.1 Å². The van der Waals surface area contributed by atoms with Gasteiger partial charge in [-0.1, -0.05) is 20.8 Å². The largest absolute Gasteiger partial charge is 0.496 e. The van der Waals surface area contributed by atoms with E-state index in [0.29, 0.717) is 34.4 Å². The third kappa shape index (κ3) is 5.48. The molecule has 4 rings (SSSR count). The van der Waals surface area contributed by atoms with Gasteiger partial charge in [-0.25, -0.2) is 9.78 Å². The Kier molecular flexibility index (Phi) is 6.76. The lowest BCUT2D eigenvalue weighted by Gasteiger charge is -2.15. The van der Waals surface area contributed by atoms with Crippen LogP contribution in [-0.4, -0.2) is 34.2 Å². The van der Waals surface area contributed by atoms with E-state index in [0.717, 1.165) is 22.2 Å². The van der Waals surface area contributed by atoms with Gasteiger partial charge in [0.15, 0.2) is 5.82 Å². The van der Waals surface area contributed by atoms with Crippen LogP contribution in [0.2, 0.25) is 0 Å². The standard InChI is InChI=1S/C27H30N6O4/c1-14-15(2)20(9-8-18(14)30-26(35)31-23-13-22(32-33-23)27(3,4)5)37-24-10-7-16-11-17(25(28)34)21(36-6)12-19(16)29-24/h7-13H,1-6H3,(H2,28,34)(H3,30,31,32,33,35). The number of carbonyl (C=O) groups is 2. The second-order valence-corrected chi connectivity index (χ2v) is 9.72. The summed E-state index contributed by atoms with van der Waals surface area (Å²) in [4.78, 5) is 28.8. The maximum Gasteiger partial charge on any atom is 0.324 e. The van der Waals surface area contributed by atoms with Gasteiger partial charge in [-0.05, 0) is 49.2 Å². The highest BCUT2D eigenvalue weighted by Gasteiger charge is 2.18. The Labute approximate surface area is 214 Å². The smallest absolute Gasteiger partial charge is 0.324 e. The van der Waals surface area contributed by atoms with Gasteiger partial charge in [0.1, 0.15) is 11.5 Å². The zero-order valence-corrected chi connectivity index (χ0v) is 21.6. The van der Waals surface area contributed by atoms with Gasteiger partial charge >= 0.3 is 6.03 Å². The fourth-order valence-corrected chi connectivity index (χ4v) is 3.75.